The van der Waals surface area contributed by atoms with Crippen LogP contribution in [0.1, 0.15) is 5.56 Å². The Labute approximate surface area is 143 Å². The molecule has 4 nitrogen and oxygen atoms in total. The van der Waals surface area contributed by atoms with Gasteiger partial charge in [0.2, 0.25) is 0 Å². The first-order valence-electron chi connectivity index (χ1n) is 7.31. The number of aryl methyl sites for hydroxylation is 1. The molecule has 0 spiro atoms. The van der Waals surface area contributed by atoms with Crippen molar-refractivity contribution in [1.82, 2.24) is 4.90 Å². The third-order valence-corrected chi connectivity index (χ3v) is 5.72. The highest BCUT2D eigenvalue weighted by Crippen LogP contribution is 2.27. The fourth-order valence-electron chi connectivity index (χ4n) is 2.29. The summed E-state index contributed by atoms with van der Waals surface area (Å²) in [4.78, 5) is 2.24. The zero-order valence-corrected chi connectivity index (χ0v) is 15.1. The average molecular weight is 353 g/mol. The van der Waals surface area contributed by atoms with Crippen molar-refractivity contribution in [3.8, 4) is 0 Å². The van der Waals surface area contributed by atoms with Gasteiger partial charge >= 0.3 is 0 Å². The third-order valence-electron chi connectivity index (χ3n) is 3.50. The van der Waals surface area contributed by atoms with Gasteiger partial charge in [-0.05, 0) is 56.9 Å². The van der Waals surface area contributed by atoms with Gasteiger partial charge < -0.3 is 4.90 Å². The highest BCUT2D eigenvalue weighted by Gasteiger charge is 2.26. The van der Waals surface area contributed by atoms with Crippen LogP contribution in [0.25, 0.3) is 0 Å². The Morgan fingerprint density at radius 3 is 2.22 bits per heavy atom. The number of likely N-dealkylation sites (N-methyl/N-ethyl adjacent to an activating group) is 1. The number of rotatable bonds is 6. The second-order valence-corrected chi connectivity index (χ2v) is 7.89. The van der Waals surface area contributed by atoms with Crippen LogP contribution in [0.2, 0.25) is 5.02 Å². The van der Waals surface area contributed by atoms with E-state index in [1.807, 2.05) is 37.2 Å². The number of hydrogen-bond donors (Lipinski definition) is 0. The Morgan fingerprint density at radius 1 is 1.00 bits per heavy atom. The van der Waals surface area contributed by atoms with E-state index in [9.17, 15) is 8.42 Å². The molecule has 124 valence electrons. The van der Waals surface area contributed by atoms with Gasteiger partial charge in [0.25, 0.3) is 10.0 Å². The van der Waals surface area contributed by atoms with Crippen molar-refractivity contribution >= 4 is 27.3 Å². The summed E-state index contributed by atoms with van der Waals surface area (Å²) in [6.07, 6.45) is 0. The molecule has 0 atom stereocenters. The average Bonchev–Trinajstić information content (AvgIpc) is 2.47. The van der Waals surface area contributed by atoms with Gasteiger partial charge in [0.1, 0.15) is 0 Å². The SMILES string of the molecule is Cc1cc(Cl)ccc1S(=O)(=O)N(CCN(C)C)c1ccccc1. The van der Waals surface area contributed by atoms with Crippen LogP contribution in [-0.4, -0.2) is 40.5 Å². The molecule has 2 aromatic rings. The predicted molar refractivity (Wildman–Crippen MR) is 95.7 cm³/mol. The van der Waals surface area contributed by atoms with Crippen LogP contribution >= 0.6 is 11.6 Å². The molecule has 0 saturated carbocycles. The first-order valence-corrected chi connectivity index (χ1v) is 9.13. The molecular formula is C17H21ClN2O2S. The molecule has 23 heavy (non-hydrogen) atoms. The molecule has 0 aromatic heterocycles. The molecule has 2 rings (SSSR count). The van der Waals surface area contributed by atoms with Crippen LogP contribution in [-0.2, 0) is 10.0 Å². The Bertz CT molecular complexity index is 761. The summed E-state index contributed by atoms with van der Waals surface area (Å²) in [5.74, 6) is 0. The van der Waals surface area contributed by atoms with Gasteiger partial charge in [-0.1, -0.05) is 29.8 Å². The molecule has 0 saturated heterocycles. The monoisotopic (exact) mass is 352 g/mol. The zero-order valence-electron chi connectivity index (χ0n) is 13.5. The molecule has 0 unspecified atom stereocenters. The minimum Gasteiger partial charge on any atom is -0.308 e. The fourth-order valence-corrected chi connectivity index (χ4v) is 4.19. The maximum Gasteiger partial charge on any atom is 0.264 e. The third kappa shape index (κ3) is 4.25. The molecule has 0 N–H and O–H groups in total. The number of para-hydroxylation sites is 1. The number of halogens is 1. The Hall–Kier alpha value is -1.56. The van der Waals surface area contributed by atoms with E-state index < -0.39 is 10.0 Å². The van der Waals surface area contributed by atoms with Crippen molar-refractivity contribution in [1.29, 1.82) is 0 Å². The quantitative estimate of drug-likeness (QED) is 0.800. The van der Waals surface area contributed by atoms with Crippen LogP contribution < -0.4 is 4.31 Å². The molecule has 0 aliphatic rings. The van der Waals surface area contributed by atoms with Crippen molar-refractivity contribution < 1.29 is 8.42 Å². The lowest BCUT2D eigenvalue weighted by Crippen LogP contribution is -2.37. The first-order chi connectivity index (χ1) is 10.8. The van der Waals surface area contributed by atoms with Crippen molar-refractivity contribution in [2.24, 2.45) is 0 Å². The molecule has 0 radical (unpaired) electrons. The van der Waals surface area contributed by atoms with E-state index in [0.717, 1.165) is 0 Å². The number of benzene rings is 2. The summed E-state index contributed by atoms with van der Waals surface area (Å²) in [5.41, 5.74) is 1.30. The Kier molecular flexibility index (Phi) is 5.68. The molecule has 0 amide bonds. The lowest BCUT2D eigenvalue weighted by atomic mass is 10.2. The van der Waals surface area contributed by atoms with Gasteiger partial charge in [-0.15, -0.1) is 0 Å². The largest absolute Gasteiger partial charge is 0.308 e. The van der Waals surface area contributed by atoms with E-state index in [4.69, 9.17) is 11.6 Å². The molecule has 0 fully saturated rings. The molecule has 0 aliphatic heterocycles. The van der Waals surface area contributed by atoms with Crippen LogP contribution in [0.5, 0.6) is 0 Å². The van der Waals surface area contributed by atoms with Crippen molar-refractivity contribution in [3.05, 3.63) is 59.1 Å². The van der Waals surface area contributed by atoms with Crippen LogP contribution in [0, 0.1) is 6.92 Å². The normalized spacial score (nSPS) is 11.7. The summed E-state index contributed by atoms with van der Waals surface area (Å²) in [6, 6.07) is 14.0. The Balaban J connectivity index is 2.48. The number of nitrogens with zero attached hydrogens (tertiary/aromatic N) is 2. The van der Waals surface area contributed by atoms with Gasteiger partial charge in [-0.2, -0.15) is 0 Å². The van der Waals surface area contributed by atoms with E-state index in [1.165, 1.54) is 4.31 Å². The van der Waals surface area contributed by atoms with Gasteiger partial charge in [0.05, 0.1) is 10.6 Å². The number of anilines is 1. The van der Waals surface area contributed by atoms with Crippen LogP contribution in [0.15, 0.2) is 53.4 Å². The summed E-state index contributed by atoms with van der Waals surface area (Å²) in [6.45, 7) is 2.76. The van der Waals surface area contributed by atoms with Crippen LogP contribution in [0.3, 0.4) is 0 Å². The summed E-state index contributed by atoms with van der Waals surface area (Å²) in [5, 5.41) is 0.529. The maximum absolute atomic E-state index is 13.1. The highest BCUT2D eigenvalue weighted by molar-refractivity contribution is 7.92. The maximum atomic E-state index is 13.1. The lowest BCUT2D eigenvalue weighted by Gasteiger charge is -2.26. The molecule has 2 aromatic carbocycles. The minimum atomic E-state index is -3.65. The molecule has 0 heterocycles. The van der Waals surface area contributed by atoms with Crippen molar-refractivity contribution in [2.75, 3.05) is 31.5 Å². The van der Waals surface area contributed by atoms with Crippen LogP contribution in [0.4, 0.5) is 5.69 Å². The molecule has 0 aliphatic carbocycles. The summed E-state index contributed by atoms with van der Waals surface area (Å²) in [7, 11) is 0.191. The van der Waals surface area contributed by atoms with Gasteiger partial charge in [0, 0.05) is 18.1 Å². The van der Waals surface area contributed by atoms with E-state index in [0.29, 0.717) is 29.4 Å². The van der Waals surface area contributed by atoms with E-state index in [1.54, 1.807) is 37.3 Å². The number of sulfonamides is 1. The Morgan fingerprint density at radius 2 is 1.65 bits per heavy atom. The second kappa shape index (κ2) is 7.34. The van der Waals surface area contributed by atoms with E-state index in [2.05, 4.69) is 0 Å². The lowest BCUT2D eigenvalue weighted by molar-refractivity contribution is 0.419. The molecule has 0 bridgehead atoms. The van der Waals surface area contributed by atoms with E-state index >= 15 is 0 Å². The first kappa shape index (κ1) is 17.8. The standard InChI is InChI=1S/C17H21ClN2O2S/c1-14-13-15(18)9-10-17(14)23(21,22)20(12-11-19(2)3)16-7-5-4-6-8-16/h4-10,13H,11-12H2,1-3H3. The van der Waals surface area contributed by atoms with E-state index in [-0.39, 0.29) is 4.90 Å². The minimum absolute atomic E-state index is 0.282. The molecule has 6 heteroatoms. The fraction of sp³-hybridized carbons (Fsp3) is 0.294. The van der Waals surface area contributed by atoms with Gasteiger partial charge in [0.15, 0.2) is 0 Å². The topological polar surface area (TPSA) is 40.6 Å². The highest BCUT2D eigenvalue weighted by atomic mass is 35.5. The van der Waals surface area contributed by atoms with Crippen molar-refractivity contribution in [3.63, 3.8) is 0 Å². The predicted octanol–water partition coefficient (Wildman–Crippen LogP) is 3.41. The summed E-state index contributed by atoms with van der Waals surface area (Å²) < 4.78 is 27.7. The summed E-state index contributed by atoms with van der Waals surface area (Å²) >= 11 is 5.95. The number of hydrogen-bond acceptors (Lipinski definition) is 3. The zero-order chi connectivity index (χ0) is 17.0. The second-order valence-electron chi connectivity index (χ2n) is 5.63. The van der Waals surface area contributed by atoms with Gasteiger partial charge in [-0.25, -0.2) is 8.42 Å². The van der Waals surface area contributed by atoms with Crippen molar-refractivity contribution in [2.45, 2.75) is 11.8 Å². The molecular weight excluding hydrogens is 332 g/mol. The smallest absolute Gasteiger partial charge is 0.264 e. The van der Waals surface area contributed by atoms with Gasteiger partial charge in [-0.3, -0.25) is 4.31 Å².